The van der Waals surface area contributed by atoms with E-state index in [-0.39, 0.29) is 24.1 Å². The second-order valence-corrected chi connectivity index (χ2v) is 8.51. The average Bonchev–Trinajstić information content (AvgIpc) is 3.22. The molecule has 0 aliphatic carbocycles. The fraction of sp³-hybridized carbons (Fsp3) is 0.458. The predicted molar refractivity (Wildman–Crippen MR) is 122 cm³/mol. The lowest BCUT2D eigenvalue weighted by Gasteiger charge is -2.22. The van der Waals surface area contributed by atoms with E-state index in [1.807, 2.05) is 66.9 Å². The lowest BCUT2D eigenvalue weighted by Crippen LogP contribution is -2.36. The van der Waals surface area contributed by atoms with Gasteiger partial charge >= 0.3 is 6.03 Å². The topological polar surface area (TPSA) is 89.8 Å². The van der Waals surface area contributed by atoms with E-state index in [2.05, 4.69) is 20.8 Å². The molecule has 1 aliphatic heterocycles. The molecule has 8 heteroatoms. The quantitative estimate of drug-likeness (QED) is 0.547. The maximum absolute atomic E-state index is 12.8. The van der Waals surface area contributed by atoms with E-state index in [1.54, 1.807) is 0 Å². The van der Waals surface area contributed by atoms with Gasteiger partial charge in [-0.2, -0.15) is 0 Å². The van der Waals surface area contributed by atoms with Gasteiger partial charge in [0.2, 0.25) is 0 Å². The van der Waals surface area contributed by atoms with Gasteiger partial charge in [-0.3, -0.25) is 4.40 Å². The molecule has 0 saturated carbocycles. The van der Waals surface area contributed by atoms with Crippen molar-refractivity contribution < 1.29 is 14.3 Å². The number of amides is 2. The molecule has 1 saturated heterocycles. The highest BCUT2D eigenvalue weighted by atomic mass is 16.5. The van der Waals surface area contributed by atoms with Crippen molar-refractivity contribution in [3.8, 4) is 0 Å². The molecule has 1 aromatic carbocycles. The second kappa shape index (κ2) is 10.6. The number of ether oxygens (including phenoxy) is 2. The fourth-order valence-electron chi connectivity index (χ4n) is 3.90. The van der Waals surface area contributed by atoms with Gasteiger partial charge in [0, 0.05) is 18.5 Å². The number of benzene rings is 1. The van der Waals surface area contributed by atoms with Gasteiger partial charge in [0.05, 0.1) is 25.4 Å². The molecule has 4 rings (SSSR count). The van der Waals surface area contributed by atoms with Crippen LogP contribution in [0.2, 0.25) is 0 Å². The van der Waals surface area contributed by atoms with Crippen molar-refractivity contribution >= 4 is 17.4 Å². The molecular formula is C24H31N5O3. The normalized spacial score (nSPS) is 17.4. The highest BCUT2D eigenvalue weighted by molar-refractivity contribution is 5.89. The number of aromatic nitrogens is 3. The smallest absolute Gasteiger partial charge is 0.319 e. The Balaban J connectivity index is 1.35. The molecule has 3 aromatic rings. The lowest BCUT2D eigenvalue weighted by molar-refractivity contribution is -0.0447. The highest BCUT2D eigenvalue weighted by Crippen LogP contribution is 2.21. The molecule has 2 N–H and O–H groups in total. The summed E-state index contributed by atoms with van der Waals surface area (Å²) in [7, 11) is 0. The van der Waals surface area contributed by atoms with Crippen LogP contribution in [0.4, 0.5) is 10.5 Å². The first-order chi connectivity index (χ1) is 15.6. The van der Waals surface area contributed by atoms with Gasteiger partial charge in [0.15, 0.2) is 11.5 Å². The molecule has 32 heavy (non-hydrogen) atoms. The first-order valence-electron chi connectivity index (χ1n) is 11.3. The van der Waals surface area contributed by atoms with Gasteiger partial charge in [-0.25, -0.2) is 4.79 Å². The van der Waals surface area contributed by atoms with Gasteiger partial charge in [-0.15, -0.1) is 10.2 Å². The number of pyridine rings is 1. The summed E-state index contributed by atoms with van der Waals surface area (Å²) in [5.74, 6) is 0.841. The SMILES string of the molecule is CC(C)C(NC(=O)Nc1cccc(COCC2CCCCO2)c1)c1nnc2ccccn12. The number of hydrogen-bond donors (Lipinski definition) is 2. The van der Waals surface area contributed by atoms with E-state index in [1.165, 1.54) is 6.42 Å². The van der Waals surface area contributed by atoms with E-state index in [9.17, 15) is 4.79 Å². The van der Waals surface area contributed by atoms with Crippen molar-refractivity contribution in [3.63, 3.8) is 0 Å². The summed E-state index contributed by atoms with van der Waals surface area (Å²) in [6.07, 6.45) is 5.49. The van der Waals surface area contributed by atoms with Crippen LogP contribution < -0.4 is 10.6 Å². The molecule has 0 bridgehead atoms. The molecule has 0 spiro atoms. The molecule has 1 fully saturated rings. The Morgan fingerprint density at radius 3 is 2.94 bits per heavy atom. The first-order valence-corrected chi connectivity index (χ1v) is 11.3. The third-order valence-electron chi connectivity index (χ3n) is 5.60. The third-order valence-corrected chi connectivity index (χ3v) is 5.60. The summed E-state index contributed by atoms with van der Waals surface area (Å²) < 4.78 is 13.4. The van der Waals surface area contributed by atoms with Crippen LogP contribution in [0.15, 0.2) is 48.7 Å². The van der Waals surface area contributed by atoms with Crippen molar-refractivity contribution in [3.05, 3.63) is 60.0 Å². The zero-order chi connectivity index (χ0) is 22.3. The third kappa shape index (κ3) is 5.63. The van der Waals surface area contributed by atoms with Crippen molar-refractivity contribution in [1.29, 1.82) is 0 Å². The summed E-state index contributed by atoms with van der Waals surface area (Å²) in [6.45, 7) is 5.99. The first kappa shape index (κ1) is 22.2. The average molecular weight is 438 g/mol. The molecule has 3 heterocycles. The number of anilines is 1. The number of carbonyl (C=O) groups is 1. The minimum atomic E-state index is -0.287. The van der Waals surface area contributed by atoms with Crippen LogP contribution in [0.3, 0.4) is 0 Å². The monoisotopic (exact) mass is 437 g/mol. The highest BCUT2D eigenvalue weighted by Gasteiger charge is 2.23. The van der Waals surface area contributed by atoms with Crippen molar-refractivity contribution in [2.75, 3.05) is 18.5 Å². The Morgan fingerprint density at radius 1 is 1.22 bits per heavy atom. The summed E-state index contributed by atoms with van der Waals surface area (Å²) in [5.41, 5.74) is 2.47. The van der Waals surface area contributed by atoms with Gasteiger partial charge in [0.1, 0.15) is 0 Å². The van der Waals surface area contributed by atoms with Crippen molar-refractivity contribution in [2.45, 2.75) is 51.9 Å². The zero-order valence-electron chi connectivity index (χ0n) is 18.7. The van der Waals surface area contributed by atoms with Crippen LogP contribution in [0.5, 0.6) is 0 Å². The fourth-order valence-corrected chi connectivity index (χ4v) is 3.90. The van der Waals surface area contributed by atoms with Crippen molar-refractivity contribution in [1.82, 2.24) is 19.9 Å². The molecule has 0 radical (unpaired) electrons. The largest absolute Gasteiger partial charge is 0.376 e. The summed E-state index contributed by atoms with van der Waals surface area (Å²) in [6, 6.07) is 12.9. The maximum Gasteiger partial charge on any atom is 0.319 e. The maximum atomic E-state index is 12.8. The van der Waals surface area contributed by atoms with Crippen LogP contribution in [0.25, 0.3) is 5.65 Å². The Kier molecular flexibility index (Phi) is 7.34. The molecular weight excluding hydrogens is 406 g/mol. The minimum absolute atomic E-state index is 0.134. The van der Waals surface area contributed by atoms with Crippen LogP contribution in [-0.2, 0) is 16.1 Å². The minimum Gasteiger partial charge on any atom is -0.376 e. The van der Waals surface area contributed by atoms with E-state index in [0.717, 1.165) is 30.7 Å². The van der Waals surface area contributed by atoms with Crippen LogP contribution in [0, 0.1) is 5.92 Å². The Labute approximate surface area is 188 Å². The summed E-state index contributed by atoms with van der Waals surface area (Å²) >= 11 is 0. The number of carbonyl (C=O) groups excluding carboxylic acids is 1. The zero-order valence-corrected chi connectivity index (χ0v) is 18.7. The number of urea groups is 1. The second-order valence-electron chi connectivity index (χ2n) is 8.51. The number of nitrogens with zero attached hydrogens (tertiary/aromatic N) is 3. The number of hydrogen-bond acceptors (Lipinski definition) is 5. The molecule has 2 unspecified atom stereocenters. The number of rotatable bonds is 8. The Hall–Kier alpha value is -2.97. The number of fused-ring (bicyclic) bond motifs is 1. The molecule has 8 nitrogen and oxygen atoms in total. The van der Waals surface area contributed by atoms with Gasteiger partial charge < -0.3 is 20.1 Å². The van der Waals surface area contributed by atoms with Gasteiger partial charge in [0.25, 0.3) is 0 Å². The lowest BCUT2D eigenvalue weighted by atomic mass is 10.0. The van der Waals surface area contributed by atoms with E-state index < -0.39 is 0 Å². The number of nitrogens with one attached hydrogen (secondary N) is 2. The van der Waals surface area contributed by atoms with Crippen LogP contribution in [0.1, 0.15) is 50.5 Å². The summed E-state index contributed by atoms with van der Waals surface area (Å²) in [5, 5.41) is 14.5. The molecule has 2 amide bonds. The van der Waals surface area contributed by atoms with Crippen LogP contribution >= 0.6 is 0 Å². The van der Waals surface area contributed by atoms with E-state index in [0.29, 0.717) is 24.7 Å². The van der Waals surface area contributed by atoms with E-state index >= 15 is 0 Å². The molecule has 1 aliphatic rings. The van der Waals surface area contributed by atoms with Crippen molar-refractivity contribution in [2.24, 2.45) is 5.92 Å². The molecule has 2 atom stereocenters. The molecule has 2 aromatic heterocycles. The Morgan fingerprint density at radius 2 is 2.12 bits per heavy atom. The van der Waals surface area contributed by atoms with Gasteiger partial charge in [-0.1, -0.05) is 32.0 Å². The summed E-state index contributed by atoms with van der Waals surface area (Å²) in [4.78, 5) is 12.8. The standard InChI is InChI=1S/C24H31N5O3/c1-17(2)22(23-28-27-21-11-3-5-12-29(21)23)26-24(30)25-19-9-7-8-18(14-19)15-31-16-20-10-4-6-13-32-20/h3,5,7-9,11-12,14,17,20,22H,4,6,10,13,15-16H2,1-2H3,(H2,25,26,30). The Bertz CT molecular complexity index is 1030. The van der Waals surface area contributed by atoms with Gasteiger partial charge in [-0.05, 0) is 55.0 Å². The molecule has 170 valence electrons. The predicted octanol–water partition coefficient (Wildman–Crippen LogP) is 4.33. The van der Waals surface area contributed by atoms with Crippen LogP contribution in [-0.4, -0.2) is 39.9 Å². The van der Waals surface area contributed by atoms with E-state index in [4.69, 9.17) is 9.47 Å².